The highest BCUT2D eigenvalue weighted by Gasteiger charge is 2.21. The summed E-state index contributed by atoms with van der Waals surface area (Å²) in [6, 6.07) is 0.457. The minimum absolute atomic E-state index is 0.307. The van der Waals surface area contributed by atoms with E-state index in [0.29, 0.717) is 12.0 Å². The maximum Gasteiger partial charge on any atom is 0.163 e. The van der Waals surface area contributed by atoms with Crippen molar-refractivity contribution in [1.29, 1.82) is 0 Å². The Morgan fingerprint density at radius 3 is 2.75 bits per heavy atom. The highest BCUT2D eigenvalue weighted by atomic mass is 15.3. The highest BCUT2D eigenvalue weighted by molar-refractivity contribution is 5.86. The first-order chi connectivity index (χ1) is 9.54. The number of hydrogen-bond acceptors (Lipinski definition) is 5. The van der Waals surface area contributed by atoms with Crippen molar-refractivity contribution in [1.82, 2.24) is 24.6 Å². The molecule has 1 aliphatic heterocycles. The quantitative estimate of drug-likeness (QED) is 0.921. The smallest absolute Gasteiger partial charge is 0.163 e. The van der Waals surface area contributed by atoms with E-state index in [1.807, 2.05) is 17.9 Å². The van der Waals surface area contributed by atoms with Gasteiger partial charge in [0.2, 0.25) is 0 Å². The molecule has 0 aromatic carbocycles. The number of anilines is 1. The monoisotopic (exact) mass is 274 g/mol. The molecule has 0 amide bonds. The molecule has 6 nitrogen and oxygen atoms in total. The van der Waals surface area contributed by atoms with Crippen LogP contribution in [0.15, 0.2) is 6.20 Å². The molecule has 0 spiro atoms. The van der Waals surface area contributed by atoms with Crippen molar-refractivity contribution in [3.63, 3.8) is 0 Å². The lowest BCUT2D eigenvalue weighted by Gasteiger charge is -2.15. The van der Waals surface area contributed by atoms with Crippen LogP contribution in [-0.2, 0) is 7.05 Å². The summed E-state index contributed by atoms with van der Waals surface area (Å²) >= 11 is 0. The Bertz CT molecular complexity index is 617. The normalized spacial score (nSPS) is 20.1. The summed E-state index contributed by atoms with van der Waals surface area (Å²) in [6.45, 7) is 6.42. The minimum Gasteiger partial charge on any atom is -0.365 e. The van der Waals surface area contributed by atoms with Crippen LogP contribution in [0.25, 0.3) is 11.0 Å². The molecule has 108 valence electrons. The summed E-state index contributed by atoms with van der Waals surface area (Å²) in [5.41, 5.74) is 0.901. The van der Waals surface area contributed by atoms with Crippen molar-refractivity contribution in [2.45, 2.75) is 32.2 Å². The molecule has 0 aliphatic carbocycles. The number of nitrogens with zero attached hydrogens (tertiary/aromatic N) is 5. The van der Waals surface area contributed by atoms with E-state index < -0.39 is 0 Å². The zero-order chi connectivity index (χ0) is 14.3. The molecule has 2 aromatic heterocycles. The van der Waals surface area contributed by atoms with E-state index in [1.165, 1.54) is 0 Å². The van der Waals surface area contributed by atoms with E-state index in [9.17, 15) is 0 Å². The van der Waals surface area contributed by atoms with Gasteiger partial charge >= 0.3 is 0 Å². The van der Waals surface area contributed by atoms with E-state index in [-0.39, 0.29) is 0 Å². The summed E-state index contributed by atoms with van der Waals surface area (Å²) < 4.78 is 1.81. The Morgan fingerprint density at radius 2 is 2.10 bits per heavy atom. The van der Waals surface area contributed by atoms with E-state index >= 15 is 0 Å². The largest absolute Gasteiger partial charge is 0.365 e. The summed E-state index contributed by atoms with van der Waals surface area (Å²) in [7, 11) is 4.08. The van der Waals surface area contributed by atoms with Gasteiger partial charge in [0.15, 0.2) is 5.65 Å². The van der Waals surface area contributed by atoms with Crippen LogP contribution in [0.5, 0.6) is 0 Å². The molecule has 6 heteroatoms. The number of rotatable bonds is 3. The second-order valence-electron chi connectivity index (χ2n) is 5.98. The van der Waals surface area contributed by atoms with Gasteiger partial charge in [0.1, 0.15) is 11.6 Å². The van der Waals surface area contributed by atoms with Crippen LogP contribution in [0, 0.1) is 0 Å². The van der Waals surface area contributed by atoms with Crippen molar-refractivity contribution in [3.05, 3.63) is 12.0 Å². The number of likely N-dealkylation sites (tertiary alicyclic amines) is 1. The van der Waals surface area contributed by atoms with Crippen LogP contribution in [-0.4, -0.2) is 50.8 Å². The molecular formula is C14H22N6. The Labute approximate surface area is 119 Å². The number of nitrogens with one attached hydrogen (secondary N) is 1. The fraction of sp³-hybridized carbons (Fsp3) is 0.643. The molecular weight excluding hydrogens is 252 g/mol. The van der Waals surface area contributed by atoms with Crippen molar-refractivity contribution < 1.29 is 0 Å². The Hall–Kier alpha value is -1.69. The van der Waals surface area contributed by atoms with Crippen molar-refractivity contribution in [2.75, 3.05) is 25.5 Å². The molecule has 1 unspecified atom stereocenters. The maximum absolute atomic E-state index is 4.71. The molecule has 1 aliphatic rings. The molecule has 20 heavy (non-hydrogen) atoms. The van der Waals surface area contributed by atoms with Gasteiger partial charge in [-0.25, -0.2) is 9.97 Å². The van der Waals surface area contributed by atoms with Crippen LogP contribution in [0.3, 0.4) is 0 Å². The Kier molecular flexibility index (Phi) is 3.33. The number of fused-ring (bicyclic) bond motifs is 1. The lowest BCUT2D eigenvalue weighted by atomic mass is 10.2. The minimum atomic E-state index is 0.307. The Morgan fingerprint density at radius 1 is 1.30 bits per heavy atom. The SMILES string of the molecule is CC(C)c1nc(NC2CCN(C)C2)c2cnn(C)c2n1. The third-order valence-corrected chi connectivity index (χ3v) is 3.86. The summed E-state index contributed by atoms with van der Waals surface area (Å²) in [4.78, 5) is 11.7. The van der Waals surface area contributed by atoms with Gasteiger partial charge < -0.3 is 10.2 Å². The van der Waals surface area contributed by atoms with Gasteiger partial charge in [-0.1, -0.05) is 13.8 Å². The number of aryl methyl sites for hydroxylation is 1. The molecule has 3 rings (SSSR count). The average Bonchev–Trinajstić information content (AvgIpc) is 2.97. The van der Waals surface area contributed by atoms with E-state index in [1.54, 1.807) is 0 Å². The van der Waals surface area contributed by atoms with Crippen LogP contribution in [0.4, 0.5) is 5.82 Å². The second-order valence-corrected chi connectivity index (χ2v) is 5.98. The highest BCUT2D eigenvalue weighted by Crippen LogP contribution is 2.24. The lowest BCUT2D eigenvalue weighted by Crippen LogP contribution is -2.24. The van der Waals surface area contributed by atoms with Crippen LogP contribution < -0.4 is 5.32 Å². The molecule has 0 saturated carbocycles. The molecule has 3 heterocycles. The fourth-order valence-electron chi connectivity index (χ4n) is 2.65. The molecule has 1 N–H and O–H groups in total. The molecule has 2 aromatic rings. The predicted octanol–water partition coefficient (Wildman–Crippen LogP) is 1.60. The van der Waals surface area contributed by atoms with Gasteiger partial charge in [0.25, 0.3) is 0 Å². The van der Waals surface area contributed by atoms with Crippen LogP contribution >= 0.6 is 0 Å². The fourth-order valence-corrected chi connectivity index (χ4v) is 2.65. The van der Waals surface area contributed by atoms with Gasteiger partial charge in [-0.2, -0.15) is 5.10 Å². The number of aromatic nitrogens is 4. The maximum atomic E-state index is 4.71. The summed E-state index contributed by atoms with van der Waals surface area (Å²) in [6.07, 6.45) is 3.00. The molecule has 1 fully saturated rings. The summed E-state index contributed by atoms with van der Waals surface area (Å²) in [5, 5.41) is 8.89. The molecule has 0 radical (unpaired) electrons. The van der Waals surface area contributed by atoms with Crippen LogP contribution in [0.2, 0.25) is 0 Å². The summed E-state index contributed by atoms with van der Waals surface area (Å²) in [5.74, 6) is 2.10. The first kappa shape index (κ1) is 13.3. The van der Waals surface area contributed by atoms with Gasteiger partial charge in [0, 0.05) is 25.6 Å². The van der Waals surface area contributed by atoms with Gasteiger partial charge in [-0.3, -0.25) is 4.68 Å². The van der Waals surface area contributed by atoms with Gasteiger partial charge in [-0.15, -0.1) is 0 Å². The lowest BCUT2D eigenvalue weighted by molar-refractivity contribution is 0.414. The zero-order valence-electron chi connectivity index (χ0n) is 12.6. The standard InChI is InChI=1S/C14H22N6/c1-9(2)12-17-13(16-10-5-6-19(3)8-10)11-7-15-20(4)14(11)18-12/h7,9-10H,5-6,8H2,1-4H3,(H,16,17,18). The third kappa shape index (κ3) is 2.35. The molecule has 0 bridgehead atoms. The van der Waals surface area contributed by atoms with Crippen molar-refractivity contribution in [2.24, 2.45) is 7.05 Å². The Balaban J connectivity index is 1.99. The topological polar surface area (TPSA) is 58.9 Å². The first-order valence-electron chi connectivity index (χ1n) is 7.19. The first-order valence-corrected chi connectivity index (χ1v) is 7.19. The molecule has 1 atom stereocenters. The van der Waals surface area contributed by atoms with Crippen LogP contribution in [0.1, 0.15) is 32.0 Å². The van der Waals surface area contributed by atoms with E-state index in [4.69, 9.17) is 4.98 Å². The van der Waals surface area contributed by atoms with E-state index in [0.717, 1.165) is 42.2 Å². The van der Waals surface area contributed by atoms with Crippen molar-refractivity contribution in [3.8, 4) is 0 Å². The average molecular weight is 274 g/mol. The van der Waals surface area contributed by atoms with Gasteiger partial charge in [-0.05, 0) is 20.0 Å². The number of hydrogen-bond donors (Lipinski definition) is 1. The van der Waals surface area contributed by atoms with E-state index in [2.05, 4.69) is 41.2 Å². The third-order valence-electron chi connectivity index (χ3n) is 3.86. The molecule has 1 saturated heterocycles. The predicted molar refractivity (Wildman–Crippen MR) is 79.9 cm³/mol. The van der Waals surface area contributed by atoms with Gasteiger partial charge in [0.05, 0.1) is 11.6 Å². The zero-order valence-corrected chi connectivity index (χ0v) is 12.6. The van der Waals surface area contributed by atoms with Crippen molar-refractivity contribution >= 4 is 16.9 Å². The second kappa shape index (κ2) is 5.01. The number of likely N-dealkylation sites (N-methyl/N-ethyl adjacent to an activating group) is 1.